The number of hydrogen-bond donors (Lipinski definition) is 0. The fraction of sp³-hybridized carbons (Fsp3) is 0.529. The van der Waals surface area contributed by atoms with Crippen molar-refractivity contribution in [3.05, 3.63) is 28.2 Å². The van der Waals surface area contributed by atoms with Crippen molar-refractivity contribution in [2.45, 2.75) is 32.6 Å². The summed E-state index contributed by atoms with van der Waals surface area (Å²) in [5.74, 6) is 0.784. The number of aryl methyl sites for hydroxylation is 1. The molecule has 1 saturated carbocycles. The van der Waals surface area contributed by atoms with Gasteiger partial charge in [-0.1, -0.05) is 6.07 Å². The van der Waals surface area contributed by atoms with Gasteiger partial charge in [-0.2, -0.15) is 0 Å². The second-order valence-electron chi connectivity index (χ2n) is 6.23. The molecule has 2 fully saturated rings. The summed E-state index contributed by atoms with van der Waals surface area (Å²) < 4.78 is 6.30. The Morgan fingerprint density at radius 2 is 1.82 bits per heavy atom. The van der Waals surface area contributed by atoms with Gasteiger partial charge in [0.05, 0.1) is 10.4 Å². The number of likely N-dealkylation sites (tertiary alicyclic amines) is 1. The van der Waals surface area contributed by atoms with Crippen molar-refractivity contribution in [1.29, 1.82) is 0 Å². The molecule has 0 atom stereocenters. The van der Waals surface area contributed by atoms with Gasteiger partial charge in [-0.15, -0.1) is 0 Å². The maximum Gasteiger partial charge on any atom is 0.314 e. The van der Waals surface area contributed by atoms with E-state index in [1.165, 1.54) is 0 Å². The fourth-order valence-electron chi connectivity index (χ4n) is 2.80. The van der Waals surface area contributed by atoms with Gasteiger partial charge in [0.2, 0.25) is 5.91 Å². The molecule has 0 aromatic heterocycles. The molecule has 5 heteroatoms. The third-order valence-corrected chi connectivity index (χ3v) is 4.98. The van der Waals surface area contributed by atoms with Crippen LogP contribution in [0.4, 0.5) is 0 Å². The van der Waals surface area contributed by atoms with E-state index in [2.05, 4.69) is 15.9 Å². The number of hydrogen-bond acceptors (Lipinski definition) is 3. The van der Waals surface area contributed by atoms with Crippen LogP contribution in [0.25, 0.3) is 0 Å². The average molecular weight is 366 g/mol. The number of nitrogens with zero attached hydrogens (tertiary/aromatic N) is 1. The molecule has 1 aromatic carbocycles. The SMILES string of the molecule is Cc1ccc(OC(=O)C2CCN(C(=O)C3CC3)CC2)c(Br)c1. The van der Waals surface area contributed by atoms with Crippen LogP contribution in [-0.2, 0) is 9.59 Å². The van der Waals surface area contributed by atoms with E-state index in [1.807, 2.05) is 30.0 Å². The summed E-state index contributed by atoms with van der Waals surface area (Å²) in [6, 6.07) is 5.66. The molecule has 1 heterocycles. The summed E-state index contributed by atoms with van der Waals surface area (Å²) in [5.41, 5.74) is 1.11. The van der Waals surface area contributed by atoms with Crippen molar-refractivity contribution >= 4 is 27.8 Å². The van der Waals surface area contributed by atoms with E-state index < -0.39 is 0 Å². The number of halogens is 1. The lowest BCUT2D eigenvalue weighted by molar-refractivity contribution is -0.143. The van der Waals surface area contributed by atoms with Gasteiger partial charge in [0.25, 0.3) is 0 Å². The van der Waals surface area contributed by atoms with Crippen LogP contribution in [0.3, 0.4) is 0 Å². The van der Waals surface area contributed by atoms with Gasteiger partial charge >= 0.3 is 5.97 Å². The minimum atomic E-state index is -0.192. The Hall–Kier alpha value is -1.36. The van der Waals surface area contributed by atoms with Crippen LogP contribution in [0.2, 0.25) is 0 Å². The predicted octanol–water partition coefficient (Wildman–Crippen LogP) is 3.31. The number of piperidine rings is 1. The van der Waals surface area contributed by atoms with Crippen LogP contribution >= 0.6 is 15.9 Å². The van der Waals surface area contributed by atoms with Gasteiger partial charge in [0, 0.05) is 19.0 Å². The molecular weight excluding hydrogens is 346 g/mol. The monoisotopic (exact) mass is 365 g/mol. The summed E-state index contributed by atoms with van der Waals surface area (Å²) in [4.78, 5) is 26.2. The highest BCUT2D eigenvalue weighted by atomic mass is 79.9. The van der Waals surface area contributed by atoms with E-state index in [9.17, 15) is 9.59 Å². The van der Waals surface area contributed by atoms with Crippen molar-refractivity contribution in [3.63, 3.8) is 0 Å². The molecule has 0 radical (unpaired) electrons. The van der Waals surface area contributed by atoms with Gasteiger partial charge in [0.15, 0.2) is 0 Å². The highest BCUT2D eigenvalue weighted by Crippen LogP contribution is 2.33. The minimum absolute atomic E-state index is 0.114. The summed E-state index contributed by atoms with van der Waals surface area (Å²) in [6.45, 7) is 3.33. The topological polar surface area (TPSA) is 46.6 Å². The second kappa shape index (κ2) is 6.41. The zero-order valence-electron chi connectivity index (χ0n) is 12.7. The molecule has 2 aliphatic rings. The predicted molar refractivity (Wildman–Crippen MR) is 86.5 cm³/mol. The van der Waals surface area contributed by atoms with Gasteiger partial charge < -0.3 is 9.64 Å². The molecule has 1 amide bonds. The van der Waals surface area contributed by atoms with E-state index in [4.69, 9.17) is 4.74 Å². The first kappa shape index (κ1) is 15.5. The first-order chi connectivity index (χ1) is 10.5. The molecule has 1 aromatic rings. The Morgan fingerprint density at radius 1 is 1.14 bits per heavy atom. The lowest BCUT2D eigenvalue weighted by Crippen LogP contribution is -2.41. The lowest BCUT2D eigenvalue weighted by atomic mass is 9.96. The number of rotatable bonds is 3. The third-order valence-electron chi connectivity index (χ3n) is 4.36. The van der Waals surface area contributed by atoms with Crippen LogP contribution in [-0.4, -0.2) is 29.9 Å². The number of carbonyl (C=O) groups is 2. The molecule has 0 N–H and O–H groups in total. The van der Waals surface area contributed by atoms with Crippen LogP contribution in [0.5, 0.6) is 5.75 Å². The zero-order valence-corrected chi connectivity index (χ0v) is 14.3. The minimum Gasteiger partial charge on any atom is -0.425 e. The van der Waals surface area contributed by atoms with Crippen molar-refractivity contribution in [2.75, 3.05) is 13.1 Å². The lowest BCUT2D eigenvalue weighted by Gasteiger charge is -2.31. The molecule has 1 aliphatic heterocycles. The third kappa shape index (κ3) is 3.51. The van der Waals surface area contributed by atoms with Crippen molar-refractivity contribution in [3.8, 4) is 5.75 Å². The van der Waals surface area contributed by atoms with E-state index in [-0.39, 0.29) is 23.7 Å². The summed E-state index contributed by atoms with van der Waals surface area (Å²) in [6.07, 6.45) is 3.45. The Kier molecular flexibility index (Phi) is 4.52. The molecular formula is C17H20BrNO3. The second-order valence-corrected chi connectivity index (χ2v) is 7.08. The first-order valence-corrected chi connectivity index (χ1v) is 8.60. The Bertz CT molecular complexity index is 590. The standard InChI is InChI=1S/C17H20BrNO3/c1-11-2-5-15(14(18)10-11)22-17(21)13-6-8-19(9-7-13)16(20)12-3-4-12/h2,5,10,12-13H,3-4,6-9H2,1H3. The van der Waals surface area contributed by atoms with Gasteiger partial charge in [0.1, 0.15) is 5.75 Å². The number of benzene rings is 1. The molecule has 1 aliphatic carbocycles. The van der Waals surface area contributed by atoms with Crippen LogP contribution in [0, 0.1) is 18.8 Å². The van der Waals surface area contributed by atoms with Crippen LogP contribution < -0.4 is 4.74 Å². The molecule has 1 saturated heterocycles. The molecule has 118 valence electrons. The maximum absolute atomic E-state index is 12.3. The molecule has 4 nitrogen and oxygen atoms in total. The molecule has 0 unspecified atom stereocenters. The summed E-state index contributed by atoms with van der Waals surface area (Å²) in [5, 5.41) is 0. The quantitative estimate of drug-likeness (QED) is 0.609. The van der Waals surface area contributed by atoms with Crippen molar-refractivity contribution in [2.24, 2.45) is 11.8 Å². The van der Waals surface area contributed by atoms with E-state index in [1.54, 1.807) is 0 Å². The fourth-order valence-corrected chi connectivity index (χ4v) is 3.38. The molecule has 3 rings (SSSR count). The highest BCUT2D eigenvalue weighted by Gasteiger charge is 2.36. The largest absolute Gasteiger partial charge is 0.425 e. The molecule has 0 bridgehead atoms. The van der Waals surface area contributed by atoms with Crippen LogP contribution in [0.1, 0.15) is 31.2 Å². The van der Waals surface area contributed by atoms with Crippen molar-refractivity contribution < 1.29 is 14.3 Å². The van der Waals surface area contributed by atoms with E-state index in [0.29, 0.717) is 31.7 Å². The molecule has 0 spiro atoms. The zero-order chi connectivity index (χ0) is 15.7. The normalized spacial score (nSPS) is 19.1. The average Bonchev–Trinajstić information content (AvgIpc) is 3.34. The Balaban J connectivity index is 1.54. The summed E-state index contributed by atoms with van der Waals surface area (Å²) in [7, 11) is 0. The number of amides is 1. The van der Waals surface area contributed by atoms with Crippen molar-refractivity contribution in [1.82, 2.24) is 4.90 Å². The van der Waals surface area contributed by atoms with Gasteiger partial charge in [-0.3, -0.25) is 9.59 Å². The van der Waals surface area contributed by atoms with E-state index >= 15 is 0 Å². The van der Waals surface area contributed by atoms with Gasteiger partial charge in [-0.25, -0.2) is 0 Å². The van der Waals surface area contributed by atoms with Gasteiger partial charge in [-0.05, 0) is 66.2 Å². The van der Waals surface area contributed by atoms with E-state index in [0.717, 1.165) is 22.9 Å². The summed E-state index contributed by atoms with van der Waals surface area (Å²) >= 11 is 3.42. The number of esters is 1. The molecule has 22 heavy (non-hydrogen) atoms. The number of ether oxygens (including phenoxy) is 1. The first-order valence-electron chi connectivity index (χ1n) is 7.81. The Morgan fingerprint density at radius 3 is 2.41 bits per heavy atom. The maximum atomic E-state index is 12.3. The smallest absolute Gasteiger partial charge is 0.314 e. The van der Waals surface area contributed by atoms with Crippen LogP contribution in [0.15, 0.2) is 22.7 Å². The number of carbonyl (C=O) groups excluding carboxylic acids is 2. The Labute approximate surface area is 138 Å². The highest BCUT2D eigenvalue weighted by molar-refractivity contribution is 9.10.